The van der Waals surface area contributed by atoms with Crippen molar-refractivity contribution in [2.45, 2.75) is 30.7 Å². The highest BCUT2D eigenvalue weighted by atomic mass is 16.7. The van der Waals surface area contributed by atoms with Crippen LogP contribution in [0.15, 0.2) is 24.3 Å². The molecule has 1 saturated heterocycles. The van der Waals surface area contributed by atoms with E-state index in [1.54, 1.807) is 12.1 Å². The first-order chi connectivity index (χ1) is 9.04. The second-order valence-electron chi connectivity index (χ2n) is 4.28. The van der Waals surface area contributed by atoms with Gasteiger partial charge < -0.3 is 35.0 Å². The third-order valence-corrected chi connectivity index (χ3v) is 2.97. The molecule has 0 saturated carbocycles. The van der Waals surface area contributed by atoms with Crippen LogP contribution in [0.1, 0.15) is 0 Å². The van der Waals surface area contributed by atoms with Gasteiger partial charge in [-0.3, -0.25) is 0 Å². The second-order valence-corrected chi connectivity index (χ2v) is 4.28. The average Bonchev–Trinajstić information content (AvgIpc) is 2.41. The molecule has 1 aromatic carbocycles. The van der Waals surface area contributed by atoms with Gasteiger partial charge in [0.15, 0.2) is 23.9 Å². The first kappa shape index (κ1) is 14.0. The molecule has 0 amide bonds. The van der Waals surface area contributed by atoms with Crippen molar-refractivity contribution in [1.29, 1.82) is 0 Å². The molecule has 1 heterocycles. The Bertz CT molecular complexity index is 424. The molecule has 5 N–H and O–H groups in total. The molecule has 7 nitrogen and oxygen atoms in total. The predicted molar refractivity (Wildman–Crippen MR) is 62.5 cm³/mol. The van der Waals surface area contributed by atoms with E-state index in [-0.39, 0.29) is 11.5 Å². The minimum absolute atomic E-state index is 0.0452. The summed E-state index contributed by atoms with van der Waals surface area (Å²) >= 11 is 0. The maximum atomic E-state index is 9.85. The smallest absolute Gasteiger partial charge is 0.195 e. The number of hydrogen-bond donors (Lipinski definition) is 5. The molecule has 5 atom stereocenters. The van der Waals surface area contributed by atoms with Crippen molar-refractivity contribution in [3.63, 3.8) is 0 Å². The summed E-state index contributed by atoms with van der Waals surface area (Å²) < 4.78 is 10.2. The standard InChI is InChI=1S/C12H16O7/c13-5-8-9(15)10(16)11(12(17)19-8)18-7-4-2-1-3-6(7)14/h1-4,8-17H,5H2/t8-,9+,10+,11-,12+/m1/s1. The van der Waals surface area contributed by atoms with E-state index in [0.29, 0.717) is 0 Å². The van der Waals surface area contributed by atoms with Gasteiger partial charge in [0, 0.05) is 0 Å². The van der Waals surface area contributed by atoms with E-state index < -0.39 is 37.3 Å². The molecule has 19 heavy (non-hydrogen) atoms. The Balaban J connectivity index is 2.14. The Morgan fingerprint density at radius 1 is 1.11 bits per heavy atom. The Hall–Kier alpha value is -1.38. The number of phenols is 1. The van der Waals surface area contributed by atoms with Gasteiger partial charge in [0.2, 0.25) is 0 Å². The summed E-state index contributed by atoms with van der Waals surface area (Å²) in [5.74, 6) is -0.121. The molecule has 2 rings (SSSR count). The average molecular weight is 272 g/mol. The number of aliphatic hydroxyl groups is 4. The van der Waals surface area contributed by atoms with E-state index in [2.05, 4.69) is 0 Å². The summed E-state index contributed by atoms with van der Waals surface area (Å²) in [7, 11) is 0. The van der Waals surface area contributed by atoms with Crippen molar-refractivity contribution in [2.24, 2.45) is 0 Å². The summed E-state index contributed by atoms with van der Waals surface area (Å²) in [4.78, 5) is 0. The molecule has 0 unspecified atom stereocenters. The summed E-state index contributed by atoms with van der Waals surface area (Å²) in [6.45, 7) is -0.543. The lowest BCUT2D eigenvalue weighted by molar-refractivity contribution is -0.280. The topological polar surface area (TPSA) is 120 Å². The van der Waals surface area contributed by atoms with E-state index in [4.69, 9.17) is 14.6 Å². The zero-order valence-electron chi connectivity index (χ0n) is 9.96. The fraction of sp³-hybridized carbons (Fsp3) is 0.500. The largest absolute Gasteiger partial charge is 0.504 e. The highest BCUT2D eigenvalue weighted by Crippen LogP contribution is 2.29. The van der Waals surface area contributed by atoms with Crippen LogP contribution in [0.4, 0.5) is 0 Å². The fourth-order valence-electron chi connectivity index (χ4n) is 1.90. The molecule has 0 spiro atoms. The number of aliphatic hydroxyl groups excluding tert-OH is 4. The quantitative estimate of drug-likeness (QED) is 0.457. The Morgan fingerprint density at radius 2 is 1.79 bits per heavy atom. The SMILES string of the molecule is OC[C@H]1O[C@H](O)[C@H](Oc2ccccc2O)[C@@H](O)[C@H]1O. The Morgan fingerprint density at radius 3 is 2.42 bits per heavy atom. The van der Waals surface area contributed by atoms with E-state index in [1.807, 2.05) is 0 Å². The lowest BCUT2D eigenvalue weighted by atomic mass is 9.99. The van der Waals surface area contributed by atoms with Crippen molar-refractivity contribution in [3.05, 3.63) is 24.3 Å². The minimum Gasteiger partial charge on any atom is -0.504 e. The monoisotopic (exact) mass is 272 g/mol. The van der Waals surface area contributed by atoms with E-state index in [1.165, 1.54) is 12.1 Å². The third-order valence-electron chi connectivity index (χ3n) is 2.97. The summed E-state index contributed by atoms with van der Waals surface area (Å²) in [5.41, 5.74) is 0. The molecule has 1 aliphatic rings. The number of aromatic hydroxyl groups is 1. The molecule has 1 aromatic rings. The van der Waals surface area contributed by atoms with Gasteiger partial charge in [0.25, 0.3) is 0 Å². The summed E-state index contributed by atoms with van der Waals surface area (Å²) in [5, 5.41) is 47.7. The second kappa shape index (κ2) is 5.72. The highest BCUT2D eigenvalue weighted by molar-refractivity contribution is 5.38. The number of para-hydroxylation sites is 2. The normalized spacial score (nSPS) is 35.1. The zero-order chi connectivity index (χ0) is 14.0. The van der Waals surface area contributed by atoms with Gasteiger partial charge in [-0.05, 0) is 12.1 Å². The van der Waals surface area contributed by atoms with Crippen LogP contribution >= 0.6 is 0 Å². The molecule has 1 fully saturated rings. The molecule has 106 valence electrons. The first-order valence-electron chi connectivity index (χ1n) is 5.79. The van der Waals surface area contributed by atoms with E-state index >= 15 is 0 Å². The van der Waals surface area contributed by atoms with Gasteiger partial charge in [-0.1, -0.05) is 12.1 Å². The molecule has 0 radical (unpaired) electrons. The lowest BCUT2D eigenvalue weighted by Crippen LogP contribution is -2.60. The highest BCUT2D eigenvalue weighted by Gasteiger charge is 2.45. The van der Waals surface area contributed by atoms with Gasteiger partial charge in [-0.25, -0.2) is 0 Å². The lowest BCUT2D eigenvalue weighted by Gasteiger charge is -2.39. The zero-order valence-corrected chi connectivity index (χ0v) is 9.96. The molecule has 0 aliphatic carbocycles. The van der Waals surface area contributed by atoms with Gasteiger partial charge in [-0.15, -0.1) is 0 Å². The molecule has 7 heteroatoms. The van der Waals surface area contributed by atoms with Crippen LogP contribution in [-0.4, -0.2) is 62.8 Å². The Kier molecular flexibility index (Phi) is 4.23. The molecule has 1 aliphatic heterocycles. The molecular weight excluding hydrogens is 256 g/mol. The van der Waals surface area contributed by atoms with E-state index in [9.17, 15) is 20.4 Å². The molecule has 0 aromatic heterocycles. The molecular formula is C12H16O7. The van der Waals surface area contributed by atoms with Gasteiger partial charge >= 0.3 is 0 Å². The van der Waals surface area contributed by atoms with Crippen LogP contribution in [0, 0.1) is 0 Å². The van der Waals surface area contributed by atoms with Crippen LogP contribution in [0.25, 0.3) is 0 Å². The van der Waals surface area contributed by atoms with Crippen molar-refractivity contribution in [2.75, 3.05) is 6.61 Å². The van der Waals surface area contributed by atoms with Crippen molar-refractivity contribution in [1.82, 2.24) is 0 Å². The Labute approximate surface area is 109 Å². The van der Waals surface area contributed by atoms with E-state index in [0.717, 1.165) is 0 Å². The van der Waals surface area contributed by atoms with Crippen LogP contribution < -0.4 is 4.74 Å². The maximum Gasteiger partial charge on any atom is 0.195 e. The number of phenolic OH excluding ortho intramolecular Hbond substituents is 1. The summed E-state index contributed by atoms with van der Waals surface area (Å²) in [6.07, 6.45) is -6.75. The number of hydrogen-bond acceptors (Lipinski definition) is 7. The fourth-order valence-corrected chi connectivity index (χ4v) is 1.90. The number of benzene rings is 1. The van der Waals surface area contributed by atoms with Crippen molar-refractivity contribution >= 4 is 0 Å². The van der Waals surface area contributed by atoms with Crippen LogP contribution in [-0.2, 0) is 4.74 Å². The van der Waals surface area contributed by atoms with Gasteiger partial charge in [-0.2, -0.15) is 0 Å². The van der Waals surface area contributed by atoms with Crippen LogP contribution in [0.5, 0.6) is 11.5 Å². The number of ether oxygens (including phenoxy) is 2. The first-order valence-corrected chi connectivity index (χ1v) is 5.79. The van der Waals surface area contributed by atoms with Crippen LogP contribution in [0.3, 0.4) is 0 Å². The van der Waals surface area contributed by atoms with Crippen molar-refractivity contribution < 1.29 is 35.0 Å². The third kappa shape index (κ3) is 2.80. The minimum atomic E-state index is -1.53. The summed E-state index contributed by atoms with van der Waals surface area (Å²) in [6, 6.07) is 6.01. The maximum absolute atomic E-state index is 9.85. The van der Waals surface area contributed by atoms with Gasteiger partial charge in [0.1, 0.15) is 18.3 Å². The molecule has 0 bridgehead atoms. The predicted octanol–water partition coefficient (Wildman–Crippen LogP) is -1.43. The van der Waals surface area contributed by atoms with Gasteiger partial charge in [0.05, 0.1) is 6.61 Å². The van der Waals surface area contributed by atoms with Crippen LogP contribution in [0.2, 0.25) is 0 Å². The number of rotatable bonds is 3. The van der Waals surface area contributed by atoms with Crippen molar-refractivity contribution in [3.8, 4) is 11.5 Å².